The molecule has 0 nitrogen and oxygen atoms in total. The van der Waals surface area contributed by atoms with Crippen molar-refractivity contribution in [2.45, 2.75) is 0 Å². The van der Waals surface area contributed by atoms with Gasteiger partial charge in [0, 0.05) is 0 Å². The maximum absolute atomic E-state index is 2.91. The van der Waals surface area contributed by atoms with E-state index in [-0.39, 0.29) is 0 Å². The summed E-state index contributed by atoms with van der Waals surface area (Å²) in [5, 5.41) is 0. The van der Waals surface area contributed by atoms with E-state index in [2.05, 4.69) is 213 Å². The first kappa shape index (κ1) is 27.1. The Kier molecular flexibility index (Phi) is 10.4. The summed E-state index contributed by atoms with van der Waals surface area (Å²) < 4.78 is 0. The van der Waals surface area contributed by atoms with Crippen LogP contribution in [-0.2, 0) is 0 Å². The summed E-state index contributed by atoms with van der Waals surface area (Å²) in [6, 6.07) is 0. The molecule has 5 aliphatic rings. The lowest BCUT2D eigenvalue weighted by atomic mass is 10.1. The average Bonchev–Trinajstić information content (AvgIpc) is 3.00. The smallest absolute Gasteiger partial charge is 0.0592 e. The Balaban J connectivity index is 2.06. The van der Waals surface area contributed by atoms with Crippen LogP contribution in [0, 0.1) is 249 Å². The lowest BCUT2D eigenvalue weighted by Gasteiger charge is -1.88. The lowest BCUT2D eigenvalue weighted by Crippen LogP contribution is -1.90. The topological polar surface area (TPSA) is 0 Å². The molecule has 6 bridgehead atoms. The van der Waals surface area contributed by atoms with Crippen molar-refractivity contribution in [1.82, 2.24) is 0 Å². The molecule has 0 spiro atoms. The highest BCUT2D eigenvalue weighted by molar-refractivity contribution is 5.50. The Morgan fingerprint density at radius 1 is 0.119 bits per heavy atom. The van der Waals surface area contributed by atoms with Crippen molar-refractivity contribution in [2.24, 2.45) is 35.5 Å². The Bertz CT molecular complexity index is 1860. The SMILES string of the molecule is C1#CC2C#CC#CC3C#CC#CC(C#C1)C#CC#CC1C#CC#CC(C#CC#CC(C#CC#C1)C#CC#C3)C#CC#C2. The molecule has 5 rings (SSSR count). The molecule has 0 aromatic rings. The standard InChI is InChI=1S/C42H6/c1-2-20-38-22-5-6-24-39-23-4-3-21-37(19-1)31-13-14-33-40-25-7-9-27-41(34-16-15-32-38)28-11-12-30-42(29-10-8-26-40)36-18-17-35-39/h37-42H. The quantitative estimate of drug-likeness (QED) is 0.423. The van der Waals surface area contributed by atoms with Crippen LogP contribution in [0.25, 0.3) is 0 Å². The predicted molar refractivity (Wildman–Crippen MR) is 161 cm³/mol. The van der Waals surface area contributed by atoms with Crippen molar-refractivity contribution >= 4 is 0 Å². The minimum Gasteiger partial charge on any atom is -0.0592 e. The monoisotopic (exact) mass is 510 g/mol. The van der Waals surface area contributed by atoms with E-state index in [1.807, 2.05) is 0 Å². The Morgan fingerprint density at radius 2 is 0.190 bits per heavy atom. The molecular weight excluding hydrogens is 504 g/mol. The molecular formula is C42H6. The molecule has 0 saturated carbocycles. The molecule has 0 aromatic heterocycles. The van der Waals surface area contributed by atoms with Gasteiger partial charge in [0.2, 0.25) is 0 Å². The zero-order valence-electron chi connectivity index (χ0n) is 21.5. The Morgan fingerprint density at radius 3 is 0.262 bits per heavy atom. The molecule has 0 saturated heterocycles. The number of hydrogen-bond acceptors (Lipinski definition) is 0. The minimum atomic E-state index is -0.676. The number of fused-ring (bicyclic) bond motifs is 9. The van der Waals surface area contributed by atoms with Gasteiger partial charge in [-0.15, -0.1) is 0 Å². The van der Waals surface area contributed by atoms with Crippen LogP contribution in [0.1, 0.15) is 0 Å². The highest BCUT2D eigenvalue weighted by Gasteiger charge is 1.98. The third kappa shape index (κ3) is 10.2. The van der Waals surface area contributed by atoms with Crippen LogP contribution in [0.5, 0.6) is 0 Å². The van der Waals surface area contributed by atoms with Crippen molar-refractivity contribution in [2.75, 3.05) is 0 Å². The Labute approximate surface area is 248 Å². The zero-order valence-corrected chi connectivity index (χ0v) is 21.5. The molecule has 0 N–H and O–H groups in total. The fourth-order valence-electron chi connectivity index (χ4n) is 2.60. The van der Waals surface area contributed by atoms with E-state index in [9.17, 15) is 0 Å². The molecule has 174 valence electrons. The molecule has 0 heteroatoms. The molecule has 42 heavy (non-hydrogen) atoms. The van der Waals surface area contributed by atoms with Gasteiger partial charge in [-0.1, -0.05) is 107 Å². The molecule has 0 radical (unpaired) electrons. The van der Waals surface area contributed by atoms with E-state index in [1.165, 1.54) is 0 Å². The van der Waals surface area contributed by atoms with Gasteiger partial charge in [-0.2, -0.15) is 0 Å². The van der Waals surface area contributed by atoms with Gasteiger partial charge in [-0.25, -0.2) is 0 Å². The summed E-state index contributed by atoms with van der Waals surface area (Å²) in [5.41, 5.74) is 0. The van der Waals surface area contributed by atoms with Gasteiger partial charge in [-0.05, 0) is 107 Å². The van der Waals surface area contributed by atoms with Gasteiger partial charge in [0.15, 0.2) is 0 Å². The van der Waals surface area contributed by atoms with Crippen molar-refractivity contribution < 1.29 is 0 Å². The van der Waals surface area contributed by atoms with Crippen LogP contribution in [0.3, 0.4) is 0 Å². The second-order valence-electron chi connectivity index (χ2n) is 7.45. The van der Waals surface area contributed by atoms with Crippen LogP contribution in [0.4, 0.5) is 0 Å². The molecule has 0 heterocycles. The number of rotatable bonds is 0. The van der Waals surface area contributed by atoms with Crippen molar-refractivity contribution in [3.8, 4) is 213 Å². The average molecular weight is 511 g/mol. The molecule has 0 fully saturated rings. The van der Waals surface area contributed by atoms with Gasteiger partial charge in [-0.3, -0.25) is 0 Å². The van der Waals surface area contributed by atoms with Gasteiger partial charge in [0.05, 0.1) is 0 Å². The van der Waals surface area contributed by atoms with E-state index in [1.54, 1.807) is 0 Å². The molecule has 0 atom stereocenters. The Hall–Kier alpha value is -7.92. The van der Waals surface area contributed by atoms with E-state index < -0.39 is 35.5 Å². The van der Waals surface area contributed by atoms with Crippen molar-refractivity contribution in [1.29, 1.82) is 0 Å². The fourth-order valence-corrected chi connectivity index (χ4v) is 2.60. The predicted octanol–water partition coefficient (Wildman–Crippen LogP) is 0.799. The third-order valence-corrected chi connectivity index (χ3v) is 4.46. The molecule has 0 aliphatic heterocycles. The van der Waals surface area contributed by atoms with E-state index >= 15 is 0 Å². The summed E-state index contributed by atoms with van der Waals surface area (Å²) in [6.07, 6.45) is 0. The van der Waals surface area contributed by atoms with Crippen molar-refractivity contribution in [3.05, 3.63) is 0 Å². The summed E-state index contributed by atoms with van der Waals surface area (Å²) in [5.74, 6) is 98.0. The highest BCUT2D eigenvalue weighted by Crippen LogP contribution is 1.96. The fraction of sp³-hybridized carbons (Fsp3) is 0.143. The van der Waals surface area contributed by atoms with E-state index in [4.69, 9.17) is 0 Å². The zero-order chi connectivity index (χ0) is 28.9. The molecule has 0 aromatic carbocycles. The maximum atomic E-state index is 2.91. The van der Waals surface area contributed by atoms with Crippen LogP contribution in [0.15, 0.2) is 0 Å². The molecule has 0 amide bonds. The van der Waals surface area contributed by atoms with Gasteiger partial charge in [0.1, 0.15) is 35.5 Å². The van der Waals surface area contributed by atoms with Crippen LogP contribution in [0.2, 0.25) is 0 Å². The van der Waals surface area contributed by atoms with Gasteiger partial charge >= 0.3 is 0 Å². The molecule has 5 aliphatic carbocycles. The van der Waals surface area contributed by atoms with Gasteiger partial charge in [0.25, 0.3) is 0 Å². The van der Waals surface area contributed by atoms with Crippen LogP contribution >= 0.6 is 0 Å². The summed E-state index contributed by atoms with van der Waals surface area (Å²) in [6.45, 7) is 0. The van der Waals surface area contributed by atoms with Crippen molar-refractivity contribution in [3.63, 3.8) is 0 Å². The second kappa shape index (κ2) is 16.0. The first-order valence-corrected chi connectivity index (χ1v) is 11.9. The summed E-state index contributed by atoms with van der Waals surface area (Å²) in [4.78, 5) is 0. The van der Waals surface area contributed by atoms with E-state index in [0.717, 1.165) is 0 Å². The van der Waals surface area contributed by atoms with Crippen LogP contribution in [-0.4, -0.2) is 0 Å². The minimum absolute atomic E-state index is 0.676. The van der Waals surface area contributed by atoms with Gasteiger partial charge < -0.3 is 0 Å². The summed E-state index contributed by atoms with van der Waals surface area (Å²) >= 11 is 0. The third-order valence-electron chi connectivity index (χ3n) is 4.46. The lowest BCUT2D eigenvalue weighted by molar-refractivity contribution is 1.22. The highest BCUT2D eigenvalue weighted by atomic mass is 14.0. The largest absolute Gasteiger partial charge is 0.144 e. The van der Waals surface area contributed by atoms with E-state index in [0.29, 0.717) is 0 Å². The van der Waals surface area contributed by atoms with Crippen LogP contribution < -0.4 is 0 Å². The normalized spacial score (nSPS) is 22.3. The summed E-state index contributed by atoms with van der Waals surface area (Å²) in [7, 11) is 0. The number of hydrogen-bond donors (Lipinski definition) is 0. The first-order valence-electron chi connectivity index (χ1n) is 11.9. The molecule has 0 unspecified atom stereocenters. The maximum Gasteiger partial charge on any atom is 0.144 e. The second-order valence-corrected chi connectivity index (χ2v) is 7.45. The first-order chi connectivity index (χ1) is 20.8.